The zero-order valence-electron chi connectivity index (χ0n) is 8.75. The van der Waals surface area contributed by atoms with Gasteiger partial charge in [0.1, 0.15) is 5.75 Å². The van der Waals surface area contributed by atoms with Crippen molar-refractivity contribution in [3.8, 4) is 5.75 Å². The van der Waals surface area contributed by atoms with Crippen molar-refractivity contribution in [2.75, 3.05) is 13.4 Å². The first-order valence-electron chi connectivity index (χ1n) is 4.78. The van der Waals surface area contributed by atoms with Crippen LogP contribution in [0.3, 0.4) is 0 Å². The summed E-state index contributed by atoms with van der Waals surface area (Å²) in [5, 5.41) is 0. The summed E-state index contributed by atoms with van der Waals surface area (Å²) in [6, 6.07) is 5.96. The summed E-state index contributed by atoms with van der Waals surface area (Å²) in [6.45, 7) is 5.40. The number of hydrogen-bond donors (Lipinski definition) is 1. The Balaban J connectivity index is 2.65. The molecule has 0 saturated carbocycles. The molecule has 1 rings (SSSR count). The Labute approximate surface area is 84.8 Å². The Kier molecular flexibility index (Phi) is 4.43. The van der Waals surface area contributed by atoms with E-state index in [1.807, 2.05) is 32.0 Å². The van der Waals surface area contributed by atoms with Crippen molar-refractivity contribution >= 4 is 0 Å². The molecule has 0 atom stereocenters. The predicted octanol–water partition coefficient (Wildman–Crippen LogP) is 1.83. The molecule has 0 spiro atoms. The maximum atomic E-state index is 5.60. The van der Waals surface area contributed by atoms with Gasteiger partial charge in [0.15, 0.2) is 6.79 Å². The first kappa shape index (κ1) is 11.0. The van der Waals surface area contributed by atoms with Gasteiger partial charge >= 0.3 is 0 Å². The van der Waals surface area contributed by atoms with Crippen LogP contribution in [0, 0.1) is 6.92 Å². The van der Waals surface area contributed by atoms with Gasteiger partial charge in [0.25, 0.3) is 0 Å². The molecule has 0 aliphatic carbocycles. The smallest absolute Gasteiger partial charge is 0.189 e. The SMILES string of the molecule is CCOCOc1ccc(C)cc1CN. The van der Waals surface area contributed by atoms with Crippen molar-refractivity contribution in [2.45, 2.75) is 20.4 Å². The summed E-state index contributed by atoms with van der Waals surface area (Å²) < 4.78 is 10.5. The number of hydrogen-bond acceptors (Lipinski definition) is 3. The topological polar surface area (TPSA) is 44.5 Å². The van der Waals surface area contributed by atoms with Gasteiger partial charge in [-0.1, -0.05) is 17.7 Å². The highest BCUT2D eigenvalue weighted by Crippen LogP contribution is 2.19. The van der Waals surface area contributed by atoms with E-state index in [2.05, 4.69) is 0 Å². The fourth-order valence-corrected chi connectivity index (χ4v) is 1.20. The lowest BCUT2D eigenvalue weighted by molar-refractivity contribution is 0.0218. The van der Waals surface area contributed by atoms with Gasteiger partial charge in [0.05, 0.1) is 0 Å². The summed E-state index contributed by atoms with van der Waals surface area (Å²) in [5.41, 5.74) is 7.81. The molecule has 0 aliphatic heterocycles. The molecule has 0 amide bonds. The summed E-state index contributed by atoms with van der Waals surface area (Å²) >= 11 is 0. The normalized spacial score (nSPS) is 10.2. The molecular formula is C11H17NO2. The summed E-state index contributed by atoms with van der Waals surface area (Å²) in [7, 11) is 0. The standard InChI is InChI=1S/C11H17NO2/c1-3-13-8-14-11-5-4-9(2)6-10(11)7-12/h4-6H,3,7-8,12H2,1-2H3. The van der Waals surface area contributed by atoms with Gasteiger partial charge < -0.3 is 15.2 Å². The third-order valence-electron chi connectivity index (χ3n) is 1.94. The van der Waals surface area contributed by atoms with Crippen molar-refractivity contribution < 1.29 is 9.47 Å². The highest BCUT2D eigenvalue weighted by molar-refractivity contribution is 5.36. The molecule has 0 bridgehead atoms. The minimum Gasteiger partial charge on any atom is -0.467 e. The van der Waals surface area contributed by atoms with Crippen LogP contribution in [0.25, 0.3) is 0 Å². The molecule has 78 valence electrons. The Morgan fingerprint density at radius 3 is 2.79 bits per heavy atom. The highest BCUT2D eigenvalue weighted by Gasteiger charge is 2.01. The molecule has 0 aromatic heterocycles. The van der Waals surface area contributed by atoms with Crippen molar-refractivity contribution in [1.82, 2.24) is 0 Å². The van der Waals surface area contributed by atoms with Gasteiger partial charge in [-0.05, 0) is 19.9 Å². The molecule has 3 nitrogen and oxygen atoms in total. The Bertz CT molecular complexity index is 287. The molecule has 1 aromatic rings. The zero-order chi connectivity index (χ0) is 10.4. The number of rotatable bonds is 5. The molecule has 3 heteroatoms. The second-order valence-corrected chi connectivity index (χ2v) is 3.07. The largest absolute Gasteiger partial charge is 0.467 e. The Morgan fingerprint density at radius 1 is 1.36 bits per heavy atom. The van der Waals surface area contributed by atoms with E-state index >= 15 is 0 Å². The molecular weight excluding hydrogens is 178 g/mol. The minimum atomic E-state index is 0.284. The van der Waals surface area contributed by atoms with Gasteiger partial charge in [-0.15, -0.1) is 0 Å². The average molecular weight is 195 g/mol. The molecule has 1 aromatic carbocycles. The van der Waals surface area contributed by atoms with E-state index in [0.717, 1.165) is 11.3 Å². The third kappa shape index (κ3) is 3.01. The van der Waals surface area contributed by atoms with E-state index in [-0.39, 0.29) is 6.79 Å². The van der Waals surface area contributed by atoms with Crippen molar-refractivity contribution in [2.24, 2.45) is 5.73 Å². The molecule has 0 saturated heterocycles. The second kappa shape index (κ2) is 5.62. The van der Waals surface area contributed by atoms with Crippen LogP contribution in [0.15, 0.2) is 18.2 Å². The average Bonchev–Trinajstić information content (AvgIpc) is 2.20. The maximum Gasteiger partial charge on any atom is 0.189 e. The lowest BCUT2D eigenvalue weighted by Crippen LogP contribution is -2.06. The number of ether oxygens (including phenoxy) is 2. The summed E-state index contributed by atoms with van der Waals surface area (Å²) in [6.07, 6.45) is 0. The van der Waals surface area contributed by atoms with Crippen molar-refractivity contribution in [3.05, 3.63) is 29.3 Å². The number of benzene rings is 1. The molecule has 2 N–H and O–H groups in total. The van der Waals surface area contributed by atoms with Crippen LogP contribution in [0.1, 0.15) is 18.1 Å². The maximum absolute atomic E-state index is 5.60. The lowest BCUT2D eigenvalue weighted by Gasteiger charge is -2.10. The second-order valence-electron chi connectivity index (χ2n) is 3.07. The van der Waals surface area contributed by atoms with Crippen LogP contribution < -0.4 is 10.5 Å². The van der Waals surface area contributed by atoms with Gasteiger partial charge in [-0.25, -0.2) is 0 Å². The van der Waals surface area contributed by atoms with E-state index in [1.54, 1.807) is 0 Å². The van der Waals surface area contributed by atoms with Gasteiger partial charge in [-0.2, -0.15) is 0 Å². The Morgan fingerprint density at radius 2 is 2.14 bits per heavy atom. The number of nitrogens with two attached hydrogens (primary N) is 1. The predicted molar refractivity (Wildman–Crippen MR) is 56.2 cm³/mol. The minimum absolute atomic E-state index is 0.284. The highest BCUT2D eigenvalue weighted by atomic mass is 16.7. The lowest BCUT2D eigenvalue weighted by atomic mass is 10.1. The van der Waals surface area contributed by atoms with E-state index in [4.69, 9.17) is 15.2 Å². The fraction of sp³-hybridized carbons (Fsp3) is 0.455. The molecule has 14 heavy (non-hydrogen) atoms. The monoisotopic (exact) mass is 195 g/mol. The van der Waals surface area contributed by atoms with E-state index in [1.165, 1.54) is 5.56 Å². The van der Waals surface area contributed by atoms with Crippen LogP contribution in [0.2, 0.25) is 0 Å². The quantitative estimate of drug-likeness (QED) is 0.576. The molecule has 0 fully saturated rings. The molecule has 0 unspecified atom stereocenters. The van der Waals surface area contributed by atoms with Crippen LogP contribution >= 0.6 is 0 Å². The van der Waals surface area contributed by atoms with Crippen LogP contribution in [-0.4, -0.2) is 13.4 Å². The molecule has 0 aliphatic rings. The van der Waals surface area contributed by atoms with Gasteiger partial charge in [-0.3, -0.25) is 0 Å². The fourth-order valence-electron chi connectivity index (χ4n) is 1.20. The summed E-state index contributed by atoms with van der Waals surface area (Å²) in [5.74, 6) is 0.812. The van der Waals surface area contributed by atoms with E-state index < -0.39 is 0 Å². The zero-order valence-corrected chi connectivity index (χ0v) is 8.75. The molecule has 0 radical (unpaired) electrons. The van der Waals surface area contributed by atoms with Crippen LogP contribution in [-0.2, 0) is 11.3 Å². The van der Waals surface area contributed by atoms with Crippen LogP contribution in [0.4, 0.5) is 0 Å². The van der Waals surface area contributed by atoms with Gasteiger partial charge in [0.2, 0.25) is 0 Å². The van der Waals surface area contributed by atoms with Crippen molar-refractivity contribution in [1.29, 1.82) is 0 Å². The first-order chi connectivity index (χ1) is 6.77. The number of aryl methyl sites for hydroxylation is 1. The first-order valence-corrected chi connectivity index (χ1v) is 4.78. The van der Waals surface area contributed by atoms with E-state index in [9.17, 15) is 0 Å². The van der Waals surface area contributed by atoms with Crippen LogP contribution in [0.5, 0.6) is 5.75 Å². The summed E-state index contributed by atoms with van der Waals surface area (Å²) in [4.78, 5) is 0. The third-order valence-corrected chi connectivity index (χ3v) is 1.94. The Hall–Kier alpha value is -1.06. The van der Waals surface area contributed by atoms with Crippen molar-refractivity contribution in [3.63, 3.8) is 0 Å². The molecule has 0 heterocycles. The van der Waals surface area contributed by atoms with Gasteiger partial charge in [0, 0.05) is 18.7 Å². The van der Waals surface area contributed by atoms with E-state index in [0.29, 0.717) is 13.2 Å².